The van der Waals surface area contributed by atoms with Crippen molar-refractivity contribution in [3.63, 3.8) is 0 Å². The molecule has 0 atom stereocenters. The molecule has 0 aliphatic carbocycles. The van der Waals surface area contributed by atoms with Crippen molar-refractivity contribution in [2.24, 2.45) is 0 Å². The lowest BCUT2D eigenvalue weighted by Gasteiger charge is -2.19. The Kier molecular flexibility index (Phi) is 5.17. The predicted octanol–water partition coefficient (Wildman–Crippen LogP) is 4.07. The second-order valence-electron chi connectivity index (χ2n) is 6.16. The third-order valence-electron chi connectivity index (χ3n) is 4.49. The topological polar surface area (TPSA) is 38.5 Å². The number of ether oxygens (including phenoxy) is 1. The van der Waals surface area contributed by atoms with E-state index in [1.807, 2.05) is 24.3 Å². The maximum Gasteiger partial charge on any atom is 0.127 e. The highest BCUT2D eigenvalue weighted by Crippen LogP contribution is 2.29. The molecule has 1 fully saturated rings. The molecule has 0 aromatic heterocycles. The maximum absolute atomic E-state index is 6.03. The van der Waals surface area contributed by atoms with Gasteiger partial charge >= 0.3 is 0 Å². The van der Waals surface area contributed by atoms with Crippen molar-refractivity contribution in [3.05, 3.63) is 36.4 Å². The van der Waals surface area contributed by atoms with Gasteiger partial charge in [-0.15, -0.1) is 0 Å². The van der Waals surface area contributed by atoms with Gasteiger partial charge in [0.15, 0.2) is 0 Å². The highest BCUT2D eigenvalue weighted by Gasteiger charge is 2.09. The van der Waals surface area contributed by atoms with Crippen molar-refractivity contribution < 1.29 is 4.74 Å². The molecule has 0 radical (unpaired) electrons. The fourth-order valence-corrected chi connectivity index (χ4v) is 3.26. The van der Waals surface area contributed by atoms with E-state index in [0.29, 0.717) is 0 Å². The Morgan fingerprint density at radius 3 is 2.45 bits per heavy atom. The molecular weight excluding hydrogens is 272 g/mol. The first kappa shape index (κ1) is 15.2. The van der Waals surface area contributed by atoms with Crippen LogP contribution in [0, 0.1) is 0 Å². The lowest BCUT2D eigenvalue weighted by atomic mass is 10.1. The van der Waals surface area contributed by atoms with E-state index in [0.717, 1.165) is 41.8 Å². The van der Waals surface area contributed by atoms with Crippen LogP contribution in [0.1, 0.15) is 32.1 Å². The van der Waals surface area contributed by atoms with Crippen LogP contribution in [-0.4, -0.2) is 31.1 Å². The predicted molar refractivity (Wildman–Crippen MR) is 93.4 cm³/mol. The third-order valence-corrected chi connectivity index (χ3v) is 4.49. The van der Waals surface area contributed by atoms with E-state index in [9.17, 15) is 0 Å². The van der Waals surface area contributed by atoms with E-state index in [2.05, 4.69) is 17.0 Å². The molecule has 2 aromatic carbocycles. The quantitative estimate of drug-likeness (QED) is 0.668. The summed E-state index contributed by atoms with van der Waals surface area (Å²) < 4.78 is 6.01. The molecule has 3 rings (SSSR count). The second kappa shape index (κ2) is 7.50. The summed E-state index contributed by atoms with van der Waals surface area (Å²) in [6.45, 7) is 4.42. The highest BCUT2D eigenvalue weighted by atomic mass is 16.5. The Hall–Kier alpha value is -1.74. The lowest BCUT2D eigenvalue weighted by molar-refractivity contribution is 0.241. The molecule has 3 heteroatoms. The van der Waals surface area contributed by atoms with Gasteiger partial charge in [-0.1, -0.05) is 37.1 Å². The van der Waals surface area contributed by atoms with Crippen LogP contribution < -0.4 is 10.5 Å². The highest BCUT2D eigenvalue weighted by molar-refractivity contribution is 5.96. The molecule has 1 heterocycles. The Morgan fingerprint density at radius 1 is 0.909 bits per heavy atom. The van der Waals surface area contributed by atoms with Gasteiger partial charge in [-0.05, 0) is 44.5 Å². The van der Waals surface area contributed by atoms with Crippen molar-refractivity contribution in [1.29, 1.82) is 0 Å². The van der Waals surface area contributed by atoms with Crippen molar-refractivity contribution in [2.75, 3.05) is 32.0 Å². The fraction of sp³-hybridized carbons (Fsp3) is 0.474. The van der Waals surface area contributed by atoms with E-state index in [1.54, 1.807) is 0 Å². The minimum atomic E-state index is 0.768. The van der Waals surface area contributed by atoms with Crippen molar-refractivity contribution in [3.8, 4) is 5.75 Å². The molecule has 0 bridgehead atoms. The molecule has 0 spiro atoms. The largest absolute Gasteiger partial charge is 0.493 e. The number of hydrogen-bond donors (Lipinski definition) is 1. The SMILES string of the molecule is Nc1cccc2c(OCCCN3CCCCCC3)cccc12. The molecule has 0 saturated carbocycles. The van der Waals surface area contributed by atoms with E-state index in [1.165, 1.54) is 38.8 Å². The first-order valence-corrected chi connectivity index (χ1v) is 8.47. The third kappa shape index (κ3) is 3.72. The maximum atomic E-state index is 6.03. The summed E-state index contributed by atoms with van der Waals surface area (Å²) >= 11 is 0. The number of nitrogen functional groups attached to an aromatic ring is 1. The minimum Gasteiger partial charge on any atom is -0.493 e. The Labute approximate surface area is 133 Å². The van der Waals surface area contributed by atoms with Gasteiger partial charge in [0.05, 0.1) is 6.61 Å². The van der Waals surface area contributed by atoms with Crippen LogP contribution in [-0.2, 0) is 0 Å². The smallest absolute Gasteiger partial charge is 0.127 e. The first-order valence-electron chi connectivity index (χ1n) is 8.47. The molecule has 22 heavy (non-hydrogen) atoms. The molecule has 2 aromatic rings. The molecule has 3 nitrogen and oxygen atoms in total. The van der Waals surface area contributed by atoms with Gasteiger partial charge < -0.3 is 15.4 Å². The van der Waals surface area contributed by atoms with Crippen molar-refractivity contribution in [2.45, 2.75) is 32.1 Å². The number of likely N-dealkylation sites (tertiary alicyclic amines) is 1. The molecule has 1 aliphatic heterocycles. The van der Waals surface area contributed by atoms with Crippen LogP contribution in [0.4, 0.5) is 5.69 Å². The summed E-state index contributed by atoms with van der Waals surface area (Å²) in [6, 6.07) is 12.1. The molecular formula is C19H26N2O. The Balaban J connectivity index is 1.54. The summed E-state index contributed by atoms with van der Waals surface area (Å²) in [4.78, 5) is 2.58. The van der Waals surface area contributed by atoms with E-state index in [4.69, 9.17) is 10.5 Å². The number of benzene rings is 2. The number of hydrogen-bond acceptors (Lipinski definition) is 3. The molecule has 2 N–H and O–H groups in total. The Morgan fingerprint density at radius 2 is 1.64 bits per heavy atom. The standard InChI is InChI=1S/C19H26N2O/c20-18-10-5-9-17-16(18)8-6-11-19(17)22-15-7-14-21-12-3-1-2-4-13-21/h5-6,8-11H,1-4,7,12-15,20H2. The number of nitrogens with zero attached hydrogens (tertiary/aromatic N) is 1. The van der Waals surface area contributed by atoms with Crippen LogP contribution >= 0.6 is 0 Å². The summed E-state index contributed by atoms with van der Waals surface area (Å²) in [5, 5.41) is 2.18. The average Bonchev–Trinajstić information content (AvgIpc) is 2.81. The Bertz CT molecular complexity index is 603. The van der Waals surface area contributed by atoms with Crippen LogP contribution in [0.5, 0.6) is 5.75 Å². The zero-order chi connectivity index (χ0) is 15.2. The molecule has 0 unspecified atom stereocenters. The van der Waals surface area contributed by atoms with E-state index in [-0.39, 0.29) is 0 Å². The zero-order valence-corrected chi connectivity index (χ0v) is 13.3. The minimum absolute atomic E-state index is 0.768. The summed E-state index contributed by atoms with van der Waals surface area (Å²) in [7, 11) is 0. The number of rotatable bonds is 5. The van der Waals surface area contributed by atoms with Gasteiger partial charge in [0.2, 0.25) is 0 Å². The van der Waals surface area contributed by atoms with Crippen LogP contribution in [0.25, 0.3) is 10.8 Å². The average molecular weight is 298 g/mol. The van der Waals surface area contributed by atoms with Gasteiger partial charge in [-0.25, -0.2) is 0 Å². The fourth-order valence-electron chi connectivity index (χ4n) is 3.26. The molecule has 0 amide bonds. The van der Waals surface area contributed by atoms with Crippen molar-refractivity contribution in [1.82, 2.24) is 4.90 Å². The van der Waals surface area contributed by atoms with Crippen LogP contribution in [0.2, 0.25) is 0 Å². The molecule has 118 valence electrons. The second-order valence-corrected chi connectivity index (χ2v) is 6.16. The van der Waals surface area contributed by atoms with E-state index < -0.39 is 0 Å². The molecule has 1 saturated heterocycles. The van der Waals surface area contributed by atoms with E-state index >= 15 is 0 Å². The monoisotopic (exact) mass is 298 g/mol. The number of fused-ring (bicyclic) bond motifs is 1. The van der Waals surface area contributed by atoms with Gasteiger partial charge in [0.25, 0.3) is 0 Å². The van der Waals surface area contributed by atoms with Crippen molar-refractivity contribution >= 4 is 16.5 Å². The zero-order valence-electron chi connectivity index (χ0n) is 13.3. The molecule has 1 aliphatic rings. The van der Waals surface area contributed by atoms with Gasteiger partial charge in [-0.3, -0.25) is 0 Å². The lowest BCUT2D eigenvalue weighted by Crippen LogP contribution is -2.26. The number of nitrogens with two attached hydrogens (primary N) is 1. The summed E-state index contributed by atoms with van der Waals surface area (Å²) in [6.07, 6.45) is 6.57. The summed E-state index contributed by atoms with van der Waals surface area (Å²) in [5.41, 5.74) is 6.84. The number of anilines is 1. The van der Waals surface area contributed by atoms with Gasteiger partial charge in [0, 0.05) is 23.0 Å². The van der Waals surface area contributed by atoms with Gasteiger partial charge in [-0.2, -0.15) is 0 Å². The van der Waals surface area contributed by atoms with Crippen LogP contribution in [0.15, 0.2) is 36.4 Å². The normalized spacial score (nSPS) is 16.5. The van der Waals surface area contributed by atoms with Crippen LogP contribution in [0.3, 0.4) is 0 Å². The van der Waals surface area contributed by atoms with Gasteiger partial charge in [0.1, 0.15) is 5.75 Å². The first-order chi connectivity index (χ1) is 10.8. The summed E-state index contributed by atoms with van der Waals surface area (Å²) in [5.74, 6) is 0.945.